The van der Waals surface area contributed by atoms with Crippen molar-refractivity contribution in [2.75, 3.05) is 6.61 Å². The minimum atomic E-state index is -1.39. The molecule has 0 spiro atoms. The summed E-state index contributed by atoms with van der Waals surface area (Å²) in [6.07, 6.45) is 1.57. The zero-order valence-electron chi connectivity index (χ0n) is 10.1. The van der Waals surface area contributed by atoms with Crippen molar-refractivity contribution < 1.29 is 19.6 Å². The molecule has 0 amide bonds. The van der Waals surface area contributed by atoms with Crippen LogP contribution in [0.3, 0.4) is 0 Å². The van der Waals surface area contributed by atoms with Crippen molar-refractivity contribution in [3.05, 3.63) is 34.4 Å². The van der Waals surface area contributed by atoms with E-state index >= 15 is 0 Å². The molecule has 0 radical (unpaired) electrons. The lowest BCUT2D eigenvalue weighted by Crippen LogP contribution is -2.54. The number of non-ortho nitro benzene ring substituents is 1. The lowest BCUT2D eigenvalue weighted by Gasteiger charge is -2.24. The summed E-state index contributed by atoms with van der Waals surface area (Å²) in [6, 6.07) is 5.44. The molecule has 0 heterocycles. The summed E-state index contributed by atoms with van der Waals surface area (Å²) < 4.78 is 5.34. The van der Waals surface area contributed by atoms with Gasteiger partial charge in [0.2, 0.25) is 0 Å². The Bertz CT molecular complexity index is 497. The van der Waals surface area contributed by atoms with E-state index in [-0.39, 0.29) is 18.2 Å². The van der Waals surface area contributed by atoms with Gasteiger partial charge in [0, 0.05) is 12.1 Å². The number of nitrogens with zero attached hydrogens (tertiary/aromatic N) is 1. The van der Waals surface area contributed by atoms with Crippen molar-refractivity contribution in [1.82, 2.24) is 0 Å². The van der Waals surface area contributed by atoms with E-state index in [0.29, 0.717) is 5.75 Å². The Hall–Kier alpha value is -2.15. The molecule has 0 aromatic heterocycles. The third-order valence-corrected chi connectivity index (χ3v) is 3.23. The predicted molar refractivity (Wildman–Crippen MR) is 65.9 cm³/mol. The minimum absolute atomic E-state index is 0.0493. The van der Waals surface area contributed by atoms with Crippen LogP contribution in [0.5, 0.6) is 5.75 Å². The first-order chi connectivity index (χ1) is 8.93. The van der Waals surface area contributed by atoms with Crippen molar-refractivity contribution in [3.8, 4) is 5.75 Å². The molecule has 19 heavy (non-hydrogen) atoms. The Balaban J connectivity index is 2.01. The maximum absolute atomic E-state index is 11.2. The number of aliphatic carboxylic acids is 1. The molecular formula is C12H14N2O5. The Kier molecular flexibility index (Phi) is 3.39. The van der Waals surface area contributed by atoms with E-state index in [0.717, 1.165) is 12.8 Å². The summed E-state index contributed by atoms with van der Waals surface area (Å²) in [5.41, 5.74) is 4.40. The molecule has 1 aromatic carbocycles. The summed E-state index contributed by atoms with van der Waals surface area (Å²) in [6.45, 7) is -0.148. The van der Waals surface area contributed by atoms with Crippen LogP contribution in [0.15, 0.2) is 24.3 Å². The number of hydrogen-bond donors (Lipinski definition) is 2. The highest BCUT2D eigenvalue weighted by atomic mass is 16.6. The number of ether oxygens (including phenoxy) is 1. The number of carbonyl (C=O) groups is 1. The Labute approximate surface area is 109 Å². The fraction of sp³-hybridized carbons (Fsp3) is 0.417. The monoisotopic (exact) mass is 266 g/mol. The van der Waals surface area contributed by atoms with Crippen LogP contribution in [0.4, 0.5) is 5.69 Å². The number of rotatable bonds is 6. The van der Waals surface area contributed by atoms with E-state index in [4.69, 9.17) is 15.6 Å². The Morgan fingerprint density at radius 1 is 1.47 bits per heavy atom. The quantitative estimate of drug-likeness (QED) is 0.589. The molecule has 0 bridgehead atoms. The van der Waals surface area contributed by atoms with Gasteiger partial charge in [-0.25, -0.2) is 0 Å². The predicted octanol–water partition coefficient (Wildman–Crippen LogP) is 1.17. The number of nitro benzene ring substituents is 1. The van der Waals surface area contributed by atoms with Crippen LogP contribution in [-0.4, -0.2) is 28.1 Å². The topological polar surface area (TPSA) is 116 Å². The van der Waals surface area contributed by atoms with E-state index in [1.165, 1.54) is 24.3 Å². The molecule has 7 nitrogen and oxygen atoms in total. The molecule has 1 aliphatic carbocycles. The van der Waals surface area contributed by atoms with Gasteiger partial charge in [0.25, 0.3) is 5.69 Å². The lowest BCUT2D eigenvalue weighted by molar-refractivity contribution is -0.384. The molecular weight excluding hydrogens is 252 g/mol. The van der Waals surface area contributed by atoms with Gasteiger partial charge < -0.3 is 15.6 Å². The minimum Gasteiger partial charge on any atom is -0.491 e. The molecule has 0 saturated heterocycles. The highest BCUT2D eigenvalue weighted by Crippen LogP contribution is 2.38. The Morgan fingerprint density at radius 2 is 2.05 bits per heavy atom. The smallest absolute Gasteiger partial charge is 0.327 e. The molecule has 1 aliphatic rings. The van der Waals surface area contributed by atoms with Crippen LogP contribution in [0, 0.1) is 16.0 Å². The molecule has 2 rings (SSSR count). The second-order valence-electron chi connectivity index (χ2n) is 4.66. The van der Waals surface area contributed by atoms with Gasteiger partial charge in [-0.1, -0.05) is 0 Å². The lowest BCUT2D eigenvalue weighted by atomic mass is 9.96. The number of nitrogens with two attached hydrogens (primary N) is 1. The fourth-order valence-corrected chi connectivity index (χ4v) is 1.82. The molecule has 1 unspecified atom stereocenters. The van der Waals surface area contributed by atoms with E-state index in [9.17, 15) is 14.9 Å². The van der Waals surface area contributed by atoms with Crippen molar-refractivity contribution in [1.29, 1.82) is 0 Å². The van der Waals surface area contributed by atoms with E-state index < -0.39 is 16.4 Å². The van der Waals surface area contributed by atoms with Gasteiger partial charge in [-0.2, -0.15) is 0 Å². The van der Waals surface area contributed by atoms with E-state index in [1.54, 1.807) is 0 Å². The molecule has 0 aliphatic heterocycles. The maximum atomic E-state index is 11.2. The molecule has 1 aromatic rings. The standard InChI is InChI=1S/C12H14N2O5/c13-12(11(15)16,8-1-2-8)7-19-10-5-3-9(4-6-10)14(17)18/h3-6,8H,1-2,7,13H2,(H,15,16). The number of carboxylic acids is 1. The average Bonchev–Trinajstić information content (AvgIpc) is 3.20. The van der Waals surface area contributed by atoms with Crippen molar-refractivity contribution in [2.45, 2.75) is 18.4 Å². The summed E-state index contributed by atoms with van der Waals surface area (Å²) in [5, 5.41) is 19.6. The summed E-state index contributed by atoms with van der Waals surface area (Å²) >= 11 is 0. The van der Waals surface area contributed by atoms with Crippen LogP contribution in [0.25, 0.3) is 0 Å². The van der Waals surface area contributed by atoms with Gasteiger partial charge in [0.15, 0.2) is 5.54 Å². The second-order valence-corrected chi connectivity index (χ2v) is 4.66. The van der Waals surface area contributed by atoms with Gasteiger partial charge in [-0.05, 0) is 30.9 Å². The summed E-state index contributed by atoms with van der Waals surface area (Å²) in [5.74, 6) is -0.790. The van der Waals surface area contributed by atoms with Gasteiger partial charge >= 0.3 is 5.97 Å². The van der Waals surface area contributed by atoms with E-state index in [2.05, 4.69) is 0 Å². The average molecular weight is 266 g/mol. The van der Waals surface area contributed by atoms with Gasteiger partial charge in [0.05, 0.1) is 4.92 Å². The molecule has 1 saturated carbocycles. The number of nitro groups is 1. The van der Waals surface area contributed by atoms with Crippen molar-refractivity contribution >= 4 is 11.7 Å². The summed E-state index contributed by atoms with van der Waals surface area (Å²) in [4.78, 5) is 21.1. The number of hydrogen-bond acceptors (Lipinski definition) is 5. The highest BCUT2D eigenvalue weighted by molar-refractivity contribution is 5.79. The summed E-state index contributed by atoms with van der Waals surface area (Å²) in [7, 11) is 0. The molecule has 7 heteroatoms. The van der Waals surface area contributed by atoms with E-state index in [1.807, 2.05) is 0 Å². The van der Waals surface area contributed by atoms with Crippen LogP contribution in [0.1, 0.15) is 12.8 Å². The van der Waals surface area contributed by atoms with Crippen molar-refractivity contribution in [3.63, 3.8) is 0 Å². The molecule has 3 N–H and O–H groups in total. The van der Waals surface area contributed by atoms with Crippen LogP contribution >= 0.6 is 0 Å². The number of carboxylic acid groups (broad SMARTS) is 1. The second kappa shape index (κ2) is 4.85. The maximum Gasteiger partial charge on any atom is 0.327 e. The SMILES string of the molecule is NC(COc1ccc([N+](=O)[O-])cc1)(C(=O)O)C1CC1. The third kappa shape index (κ3) is 2.82. The normalized spacial score (nSPS) is 17.5. The fourth-order valence-electron chi connectivity index (χ4n) is 1.82. The van der Waals surface area contributed by atoms with Crippen molar-refractivity contribution in [2.24, 2.45) is 11.7 Å². The molecule has 102 valence electrons. The zero-order valence-corrected chi connectivity index (χ0v) is 10.1. The largest absolute Gasteiger partial charge is 0.491 e. The third-order valence-electron chi connectivity index (χ3n) is 3.23. The first-order valence-corrected chi connectivity index (χ1v) is 5.83. The number of benzene rings is 1. The van der Waals surface area contributed by atoms with Crippen LogP contribution in [-0.2, 0) is 4.79 Å². The van der Waals surface area contributed by atoms with Gasteiger partial charge in [-0.15, -0.1) is 0 Å². The molecule has 1 fully saturated rings. The van der Waals surface area contributed by atoms with Gasteiger partial charge in [-0.3, -0.25) is 14.9 Å². The van der Waals surface area contributed by atoms with Crippen LogP contribution in [0.2, 0.25) is 0 Å². The molecule has 1 atom stereocenters. The first kappa shape index (κ1) is 13.3. The van der Waals surface area contributed by atoms with Gasteiger partial charge in [0.1, 0.15) is 12.4 Å². The zero-order chi connectivity index (χ0) is 14.0. The Morgan fingerprint density at radius 3 is 2.47 bits per heavy atom. The van der Waals surface area contributed by atoms with Crippen LogP contribution < -0.4 is 10.5 Å². The first-order valence-electron chi connectivity index (χ1n) is 5.83. The highest BCUT2D eigenvalue weighted by Gasteiger charge is 2.49.